The molecule has 1 aliphatic carbocycles. The number of benzene rings is 1. The third-order valence-corrected chi connectivity index (χ3v) is 6.00. The first-order valence-electron chi connectivity index (χ1n) is 7.12. The molecule has 2 nitrogen and oxygen atoms in total. The number of hydrogen-bond donors (Lipinski definition) is 0. The van der Waals surface area contributed by atoms with Crippen LogP contribution >= 0.6 is 0 Å². The Kier molecular flexibility index (Phi) is 3.33. The van der Waals surface area contributed by atoms with Crippen LogP contribution in [0, 0.1) is 11.3 Å². The molecular weight excluding hydrogens is 280 g/mol. The molecule has 0 saturated carbocycles. The van der Waals surface area contributed by atoms with Gasteiger partial charge in [0.2, 0.25) is 0 Å². The Labute approximate surface area is 127 Å². The zero-order valence-electron chi connectivity index (χ0n) is 12.4. The topological polar surface area (TPSA) is 34.1 Å². The third-order valence-electron chi connectivity index (χ3n) is 4.49. The van der Waals surface area contributed by atoms with Gasteiger partial charge in [0.05, 0.1) is 20.6 Å². The normalized spacial score (nSPS) is 27.6. The largest absolute Gasteiger partial charge is 0.289 e. The van der Waals surface area contributed by atoms with Gasteiger partial charge in [-0.2, -0.15) is 0 Å². The molecule has 1 aromatic rings. The van der Waals surface area contributed by atoms with Gasteiger partial charge in [0, 0.05) is 16.6 Å². The number of Topliss-reactive ketones (excluding diaryl/α,β-unsaturated/α-hetero) is 1. The molecule has 1 aromatic carbocycles. The second-order valence-corrected chi connectivity index (χ2v) is 7.48. The van der Waals surface area contributed by atoms with Crippen LogP contribution in [0.25, 0.3) is 0 Å². The number of fused-ring (bicyclic) bond motifs is 1. The Morgan fingerprint density at radius 2 is 1.76 bits per heavy atom. The van der Waals surface area contributed by atoms with E-state index in [1.54, 1.807) is 12.1 Å². The summed E-state index contributed by atoms with van der Waals surface area (Å²) in [7, 11) is -1.29. The van der Waals surface area contributed by atoms with Gasteiger partial charge in [0.1, 0.15) is 0 Å². The Balaban J connectivity index is 2.16. The van der Waals surface area contributed by atoms with Crippen molar-refractivity contribution in [2.75, 3.05) is 0 Å². The summed E-state index contributed by atoms with van der Waals surface area (Å²) in [4.78, 5) is 13.9. The quantitative estimate of drug-likeness (QED) is 0.784. The molecule has 0 bridgehead atoms. The molecule has 1 heterocycles. The number of allylic oxidation sites excluding steroid dienone is 5. The summed E-state index contributed by atoms with van der Waals surface area (Å²) < 4.78 is 12.7. The summed E-state index contributed by atoms with van der Waals surface area (Å²) in [6.45, 7) is 6.42. The summed E-state index contributed by atoms with van der Waals surface area (Å²) in [5.74, 6) is 0.367. The zero-order valence-corrected chi connectivity index (χ0v) is 13.2. The predicted octanol–water partition coefficient (Wildman–Crippen LogP) is 4.03. The molecule has 108 valence electrons. The van der Waals surface area contributed by atoms with Gasteiger partial charge in [-0.3, -0.25) is 4.79 Å². The summed E-state index contributed by atoms with van der Waals surface area (Å²) in [6.07, 6.45) is 7.85. The van der Waals surface area contributed by atoms with Crippen molar-refractivity contribution in [1.29, 1.82) is 0 Å². The number of ketones is 1. The minimum atomic E-state index is -1.29. The Morgan fingerprint density at radius 3 is 2.48 bits per heavy atom. The van der Waals surface area contributed by atoms with E-state index in [1.165, 1.54) is 0 Å². The first kappa shape index (κ1) is 14.2. The molecule has 3 rings (SSSR count). The monoisotopic (exact) mass is 298 g/mol. The van der Waals surface area contributed by atoms with E-state index in [-0.39, 0.29) is 11.2 Å². The number of hydrogen-bond acceptors (Lipinski definition) is 2. The molecule has 2 aliphatic rings. The molecule has 0 fully saturated rings. The fourth-order valence-electron chi connectivity index (χ4n) is 2.56. The average molecular weight is 298 g/mol. The van der Waals surface area contributed by atoms with Crippen molar-refractivity contribution in [3.63, 3.8) is 0 Å². The molecule has 0 N–H and O–H groups in total. The van der Waals surface area contributed by atoms with Crippen LogP contribution in [0.4, 0.5) is 0 Å². The van der Waals surface area contributed by atoms with E-state index in [0.29, 0.717) is 26.9 Å². The molecule has 2 atom stereocenters. The van der Waals surface area contributed by atoms with Crippen molar-refractivity contribution in [3.05, 3.63) is 64.6 Å². The highest BCUT2D eigenvalue weighted by Gasteiger charge is 2.32. The highest BCUT2D eigenvalue weighted by Crippen LogP contribution is 2.38. The van der Waals surface area contributed by atoms with Crippen molar-refractivity contribution < 1.29 is 9.00 Å². The van der Waals surface area contributed by atoms with Gasteiger partial charge < -0.3 is 0 Å². The smallest absolute Gasteiger partial charge is 0.195 e. The maximum absolute atomic E-state index is 12.7. The molecule has 3 heteroatoms. The molecule has 1 aliphatic heterocycles. The van der Waals surface area contributed by atoms with Crippen LogP contribution in [0.2, 0.25) is 0 Å². The van der Waals surface area contributed by atoms with Gasteiger partial charge in [0.25, 0.3) is 0 Å². The van der Waals surface area contributed by atoms with Crippen LogP contribution < -0.4 is 0 Å². The second-order valence-electron chi connectivity index (χ2n) is 6.06. The summed E-state index contributed by atoms with van der Waals surface area (Å²) in [6, 6.07) is 7.17. The van der Waals surface area contributed by atoms with Crippen LogP contribution in [0.1, 0.15) is 31.1 Å². The van der Waals surface area contributed by atoms with Crippen LogP contribution in [0.15, 0.2) is 63.9 Å². The molecule has 21 heavy (non-hydrogen) atoms. The van der Waals surface area contributed by atoms with Gasteiger partial charge in [-0.05, 0) is 24.1 Å². The predicted molar refractivity (Wildman–Crippen MR) is 85.4 cm³/mol. The van der Waals surface area contributed by atoms with E-state index in [9.17, 15) is 9.00 Å². The minimum absolute atomic E-state index is 0.0332. The van der Waals surface area contributed by atoms with Crippen LogP contribution in [-0.2, 0) is 10.8 Å². The fraction of sp³-hybridized carbons (Fsp3) is 0.278. The standard InChI is InChI=1S/C18H18O2S/c1-12(2)18(3)10-8-14-16(9-11-18)21(20)15-7-5-4-6-13(15)17(14)19/h4-12H,1-3H3. The highest BCUT2D eigenvalue weighted by atomic mass is 32.2. The summed E-state index contributed by atoms with van der Waals surface area (Å²) in [5.41, 5.74) is 0.988. The van der Waals surface area contributed by atoms with Crippen LogP contribution in [0.5, 0.6) is 0 Å². The van der Waals surface area contributed by atoms with Gasteiger partial charge in [-0.15, -0.1) is 0 Å². The van der Waals surface area contributed by atoms with Crippen LogP contribution in [0.3, 0.4) is 0 Å². The average Bonchev–Trinajstić information content (AvgIpc) is 2.66. The molecule has 0 spiro atoms. The summed E-state index contributed by atoms with van der Waals surface area (Å²) >= 11 is 0. The maximum atomic E-state index is 12.7. The molecule has 0 amide bonds. The first-order valence-corrected chi connectivity index (χ1v) is 8.27. The fourth-order valence-corrected chi connectivity index (χ4v) is 3.91. The van der Waals surface area contributed by atoms with E-state index in [2.05, 4.69) is 32.9 Å². The van der Waals surface area contributed by atoms with Crippen molar-refractivity contribution in [3.8, 4) is 0 Å². The van der Waals surface area contributed by atoms with Gasteiger partial charge in [0.15, 0.2) is 5.78 Å². The summed E-state index contributed by atoms with van der Waals surface area (Å²) in [5, 5.41) is 0. The second kappa shape index (κ2) is 4.92. The van der Waals surface area contributed by atoms with Gasteiger partial charge in [-0.25, -0.2) is 4.21 Å². The highest BCUT2D eigenvalue weighted by molar-refractivity contribution is 7.89. The number of carbonyl (C=O) groups excluding carboxylic acids is 1. The minimum Gasteiger partial charge on any atom is -0.289 e. The van der Waals surface area contributed by atoms with Crippen molar-refractivity contribution >= 4 is 16.6 Å². The molecule has 2 unspecified atom stereocenters. The maximum Gasteiger partial charge on any atom is 0.195 e. The van der Waals surface area contributed by atoms with Crippen molar-refractivity contribution in [2.24, 2.45) is 11.3 Å². The number of rotatable bonds is 1. The van der Waals surface area contributed by atoms with Crippen LogP contribution in [-0.4, -0.2) is 9.99 Å². The Bertz CT molecular complexity index is 680. The van der Waals surface area contributed by atoms with Gasteiger partial charge in [-0.1, -0.05) is 51.1 Å². The van der Waals surface area contributed by atoms with E-state index in [4.69, 9.17) is 0 Å². The SMILES string of the molecule is CC(C)C1(C)C=CC2=C(C=C1)S(=O)c1ccccc1C2=O. The lowest BCUT2D eigenvalue weighted by Gasteiger charge is -2.26. The molecule has 0 radical (unpaired) electrons. The van der Waals surface area contributed by atoms with E-state index >= 15 is 0 Å². The Morgan fingerprint density at radius 1 is 1.10 bits per heavy atom. The lowest BCUT2D eigenvalue weighted by Crippen LogP contribution is -2.17. The lowest BCUT2D eigenvalue weighted by atomic mass is 9.79. The third kappa shape index (κ3) is 2.16. The lowest BCUT2D eigenvalue weighted by molar-refractivity contribution is 0.103. The zero-order chi connectivity index (χ0) is 15.2. The molecule has 0 aromatic heterocycles. The van der Waals surface area contributed by atoms with E-state index in [0.717, 1.165) is 0 Å². The van der Waals surface area contributed by atoms with Crippen molar-refractivity contribution in [1.82, 2.24) is 0 Å². The van der Waals surface area contributed by atoms with E-state index < -0.39 is 10.8 Å². The van der Waals surface area contributed by atoms with Gasteiger partial charge >= 0.3 is 0 Å². The number of carbonyl (C=O) groups is 1. The van der Waals surface area contributed by atoms with Crippen molar-refractivity contribution in [2.45, 2.75) is 25.7 Å². The van der Waals surface area contributed by atoms with E-state index in [1.807, 2.05) is 24.3 Å². The Hall–Kier alpha value is -1.74. The molecular formula is C18H18O2S. The first-order chi connectivity index (χ1) is 9.94. The molecule has 0 saturated heterocycles.